The maximum atomic E-state index is 12.7. The molecule has 0 aliphatic carbocycles. The Kier molecular flexibility index (Phi) is 4.18. The standard InChI is InChI=1S/C20H16N2O3S/c1-21-18-13-15(23)9-12-19(18)26-22(20(21)24)14-7-10-17(11-8-14)25-16-5-3-2-4-6-16/h2-13,23H,1H3. The molecule has 0 bridgehead atoms. The fourth-order valence-electron chi connectivity index (χ4n) is 2.66. The lowest BCUT2D eigenvalue weighted by atomic mass is 10.2. The van der Waals surface area contributed by atoms with Crippen LogP contribution in [0.5, 0.6) is 17.2 Å². The molecule has 4 rings (SSSR count). The Morgan fingerprint density at radius 1 is 0.923 bits per heavy atom. The van der Waals surface area contributed by atoms with E-state index in [4.69, 9.17) is 4.74 Å². The van der Waals surface area contributed by atoms with Gasteiger partial charge in [-0.1, -0.05) is 18.2 Å². The normalized spacial score (nSPS) is 13.5. The number of urea groups is 1. The topological polar surface area (TPSA) is 53.0 Å². The summed E-state index contributed by atoms with van der Waals surface area (Å²) in [4.78, 5) is 15.1. The molecule has 3 aromatic rings. The highest BCUT2D eigenvalue weighted by Crippen LogP contribution is 2.42. The lowest BCUT2D eigenvalue weighted by molar-refractivity contribution is 0.255. The number of hydrogen-bond acceptors (Lipinski definition) is 4. The lowest BCUT2D eigenvalue weighted by Crippen LogP contribution is -2.40. The van der Waals surface area contributed by atoms with Gasteiger partial charge in [0.1, 0.15) is 17.2 Å². The van der Waals surface area contributed by atoms with Crippen LogP contribution in [0.4, 0.5) is 16.2 Å². The second-order valence-corrected chi connectivity index (χ2v) is 6.78. The van der Waals surface area contributed by atoms with E-state index < -0.39 is 0 Å². The number of amides is 2. The SMILES string of the molecule is CN1C(=O)N(c2ccc(Oc3ccccc3)cc2)Sc2ccc(O)cc21. The molecule has 0 saturated carbocycles. The Labute approximate surface area is 155 Å². The predicted octanol–water partition coefficient (Wildman–Crippen LogP) is 5.27. The molecule has 0 aromatic heterocycles. The number of nitrogens with zero attached hydrogens (tertiary/aromatic N) is 2. The van der Waals surface area contributed by atoms with Crippen molar-refractivity contribution >= 4 is 29.4 Å². The van der Waals surface area contributed by atoms with Gasteiger partial charge in [-0.2, -0.15) is 0 Å². The van der Waals surface area contributed by atoms with Gasteiger partial charge in [-0.05, 0) is 60.5 Å². The van der Waals surface area contributed by atoms with Crippen molar-refractivity contribution in [3.05, 3.63) is 72.8 Å². The highest BCUT2D eigenvalue weighted by molar-refractivity contribution is 8.01. The van der Waals surface area contributed by atoms with Crippen molar-refractivity contribution < 1.29 is 14.6 Å². The molecule has 1 aliphatic heterocycles. The molecule has 0 radical (unpaired) electrons. The number of carbonyl (C=O) groups excluding carboxylic acids is 1. The maximum Gasteiger partial charge on any atom is 0.339 e. The summed E-state index contributed by atoms with van der Waals surface area (Å²) in [7, 11) is 1.69. The molecule has 5 nitrogen and oxygen atoms in total. The van der Waals surface area contributed by atoms with Gasteiger partial charge in [0.25, 0.3) is 0 Å². The summed E-state index contributed by atoms with van der Waals surface area (Å²) in [6.45, 7) is 0. The van der Waals surface area contributed by atoms with Gasteiger partial charge in [0.2, 0.25) is 0 Å². The first-order valence-electron chi connectivity index (χ1n) is 8.03. The minimum atomic E-state index is -0.176. The molecule has 2 amide bonds. The van der Waals surface area contributed by atoms with E-state index in [-0.39, 0.29) is 11.8 Å². The summed E-state index contributed by atoms with van der Waals surface area (Å²) < 4.78 is 7.41. The molecule has 1 aliphatic rings. The second kappa shape index (κ2) is 6.65. The third kappa shape index (κ3) is 3.07. The molecule has 0 fully saturated rings. The monoisotopic (exact) mass is 364 g/mol. The summed E-state index contributed by atoms with van der Waals surface area (Å²) in [5.74, 6) is 1.60. The highest BCUT2D eigenvalue weighted by Gasteiger charge is 2.30. The molecule has 6 heteroatoms. The molecule has 26 heavy (non-hydrogen) atoms. The minimum Gasteiger partial charge on any atom is -0.508 e. The van der Waals surface area contributed by atoms with Crippen LogP contribution < -0.4 is 13.9 Å². The van der Waals surface area contributed by atoms with E-state index in [1.807, 2.05) is 54.6 Å². The van der Waals surface area contributed by atoms with Crippen LogP contribution in [0.1, 0.15) is 0 Å². The molecule has 0 unspecified atom stereocenters. The molecule has 130 valence electrons. The van der Waals surface area contributed by atoms with E-state index in [9.17, 15) is 9.90 Å². The molecule has 3 aromatic carbocycles. The predicted molar refractivity (Wildman–Crippen MR) is 103 cm³/mol. The third-order valence-corrected chi connectivity index (χ3v) is 5.10. The van der Waals surface area contributed by atoms with E-state index in [2.05, 4.69) is 0 Å². The van der Waals surface area contributed by atoms with Crippen LogP contribution in [0.3, 0.4) is 0 Å². The van der Waals surface area contributed by atoms with Crippen LogP contribution in [0, 0.1) is 0 Å². The Morgan fingerprint density at radius 3 is 2.35 bits per heavy atom. The number of phenols is 1. The van der Waals surface area contributed by atoms with Crippen LogP contribution in [0.2, 0.25) is 0 Å². The summed E-state index contributed by atoms with van der Waals surface area (Å²) in [5.41, 5.74) is 1.45. The first-order valence-corrected chi connectivity index (χ1v) is 8.81. The Bertz CT molecular complexity index is 945. The van der Waals surface area contributed by atoms with Gasteiger partial charge >= 0.3 is 6.03 Å². The molecule has 0 spiro atoms. The number of phenolic OH excluding ortho intramolecular Hbond substituents is 1. The van der Waals surface area contributed by atoms with Crippen molar-refractivity contribution in [3.63, 3.8) is 0 Å². The number of ether oxygens (including phenoxy) is 1. The summed E-state index contributed by atoms with van der Waals surface area (Å²) in [6.07, 6.45) is 0. The number of hydrogen-bond donors (Lipinski definition) is 1. The van der Waals surface area contributed by atoms with Crippen molar-refractivity contribution in [3.8, 4) is 17.2 Å². The Morgan fingerprint density at radius 2 is 1.62 bits per heavy atom. The molecular formula is C20H16N2O3S. The van der Waals surface area contributed by atoms with Gasteiger partial charge in [-0.15, -0.1) is 0 Å². The quantitative estimate of drug-likeness (QED) is 0.644. The number of fused-ring (bicyclic) bond motifs is 1. The zero-order valence-corrected chi connectivity index (χ0v) is 14.8. The average Bonchev–Trinajstić information content (AvgIpc) is 2.67. The van der Waals surface area contributed by atoms with E-state index >= 15 is 0 Å². The maximum absolute atomic E-state index is 12.7. The summed E-state index contributed by atoms with van der Waals surface area (Å²) >= 11 is 1.33. The van der Waals surface area contributed by atoms with Crippen LogP contribution >= 0.6 is 11.9 Å². The largest absolute Gasteiger partial charge is 0.508 e. The first kappa shape index (κ1) is 16.4. The average molecular weight is 364 g/mol. The fraction of sp³-hybridized carbons (Fsp3) is 0.0500. The zero-order chi connectivity index (χ0) is 18.1. The Hall–Kier alpha value is -3.12. The number of carbonyl (C=O) groups is 1. The van der Waals surface area contributed by atoms with Gasteiger partial charge in [0, 0.05) is 13.1 Å². The van der Waals surface area contributed by atoms with Crippen LogP contribution in [0.25, 0.3) is 0 Å². The summed E-state index contributed by atoms with van der Waals surface area (Å²) in [6, 6.07) is 21.7. The van der Waals surface area contributed by atoms with E-state index in [1.165, 1.54) is 16.8 Å². The van der Waals surface area contributed by atoms with Crippen molar-refractivity contribution in [1.82, 2.24) is 0 Å². The van der Waals surface area contributed by atoms with Crippen molar-refractivity contribution in [1.29, 1.82) is 0 Å². The fourth-order valence-corrected chi connectivity index (χ4v) is 3.70. The third-order valence-electron chi connectivity index (χ3n) is 4.00. The molecule has 0 saturated heterocycles. The summed E-state index contributed by atoms with van der Waals surface area (Å²) in [5, 5.41) is 9.65. The molecule has 1 heterocycles. The molecule has 0 atom stereocenters. The number of para-hydroxylation sites is 1. The van der Waals surface area contributed by atoms with Gasteiger partial charge < -0.3 is 9.84 Å². The van der Waals surface area contributed by atoms with E-state index in [0.29, 0.717) is 11.4 Å². The number of anilines is 2. The van der Waals surface area contributed by atoms with Crippen molar-refractivity contribution in [2.75, 3.05) is 16.3 Å². The molecule has 1 N–H and O–H groups in total. The number of aromatic hydroxyl groups is 1. The van der Waals surface area contributed by atoms with Gasteiger partial charge in [-0.25, -0.2) is 9.10 Å². The van der Waals surface area contributed by atoms with Crippen molar-refractivity contribution in [2.24, 2.45) is 0 Å². The van der Waals surface area contributed by atoms with Crippen LogP contribution in [-0.4, -0.2) is 18.2 Å². The minimum absolute atomic E-state index is 0.139. The van der Waals surface area contributed by atoms with E-state index in [1.54, 1.807) is 29.6 Å². The van der Waals surface area contributed by atoms with E-state index in [0.717, 1.165) is 16.3 Å². The van der Waals surface area contributed by atoms with Gasteiger partial charge in [0.15, 0.2) is 0 Å². The Balaban J connectivity index is 1.58. The zero-order valence-electron chi connectivity index (χ0n) is 14.0. The van der Waals surface area contributed by atoms with Gasteiger partial charge in [-0.3, -0.25) is 4.90 Å². The highest BCUT2D eigenvalue weighted by atomic mass is 32.2. The smallest absolute Gasteiger partial charge is 0.339 e. The number of benzene rings is 3. The first-order chi connectivity index (χ1) is 12.6. The molecular weight excluding hydrogens is 348 g/mol. The lowest BCUT2D eigenvalue weighted by Gasteiger charge is -2.33. The van der Waals surface area contributed by atoms with Gasteiger partial charge in [0.05, 0.1) is 16.3 Å². The second-order valence-electron chi connectivity index (χ2n) is 5.79. The van der Waals surface area contributed by atoms with Crippen LogP contribution in [-0.2, 0) is 0 Å². The number of rotatable bonds is 3. The van der Waals surface area contributed by atoms with Crippen molar-refractivity contribution in [2.45, 2.75) is 4.90 Å². The van der Waals surface area contributed by atoms with Crippen LogP contribution in [0.15, 0.2) is 77.7 Å².